The van der Waals surface area contributed by atoms with Crippen molar-refractivity contribution < 1.29 is 10.2 Å². The molecule has 4 saturated carbocycles. The van der Waals surface area contributed by atoms with Crippen molar-refractivity contribution in [3.8, 4) is 0 Å². The second-order valence-corrected chi connectivity index (χ2v) is 11.2. The van der Waals surface area contributed by atoms with Crippen LogP contribution in [0.5, 0.6) is 0 Å². The predicted octanol–water partition coefficient (Wildman–Crippen LogP) is 5.41. The van der Waals surface area contributed by atoms with Gasteiger partial charge < -0.3 is 10.2 Å². The van der Waals surface area contributed by atoms with Gasteiger partial charge in [0.05, 0.1) is 5.60 Å². The Bertz CT molecular complexity index is 500. The molecule has 2 heteroatoms. The molecule has 26 heavy (non-hydrogen) atoms. The fourth-order valence-electron chi connectivity index (χ4n) is 8.67. The molecule has 0 amide bonds. The van der Waals surface area contributed by atoms with E-state index in [9.17, 15) is 10.2 Å². The molecule has 4 rings (SSSR count). The van der Waals surface area contributed by atoms with Gasteiger partial charge in [0, 0.05) is 6.61 Å². The molecule has 0 radical (unpaired) electrons. The van der Waals surface area contributed by atoms with Gasteiger partial charge in [0.15, 0.2) is 0 Å². The molecule has 0 saturated heterocycles. The molecular weight excluding hydrogens is 320 g/mol. The monoisotopic (exact) mass is 362 g/mol. The largest absolute Gasteiger partial charge is 0.396 e. The summed E-state index contributed by atoms with van der Waals surface area (Å²) in [4.78, 5) is 0. The van der Waals surface area contributed by atoms with E-state index in [4.69, 9.17) is 0 Å². The lowest BCUT2D eigenvalue weighted by Gasteiger charge is -2.57. The number of hydrogen-bond donors (Lipinski definition) is 2. The number of rotatable bonds is 4. The Hall–Kier alpha value is -0.0800. The highest BCUT2D eigenvalue weighted by molar-refractivity contribution is 5.07. The average Bonchev–Trinajstić information content (AvgIpc) is 2.95. The van der Waals surface area contributed by atoms with Crippen LogP contribution < -0.4 is 0 Å². The van der Waals surface area contributed by atoms with Crippen molar-refractivity contribution >= 4 is 0 Å². The summed E-state index contributed by atoms with van der Waals surface area (Å²) in [6, 6.07) is 0. The summed E-state index contributed by atoms with van der Waals surface area (Å²) in [7, 11) is 0. The molecule has 2 N–H and O–H groups in total. The molecule has 0 aliphatic heterocycles. The maximum Gasteiger partial charge on any atom is 0.0622 e. The molecule has 0 aromatic heterocycles. The summed E-state index contributed by atoms with van der Waals surface area (Å²) in [5.74, 6) is 6.22. The highest BCUT2D eigenvalue weighted by Gasteiger charge is 2.57. The van der Waals surface area contributed by atoms with Crippen LogP contribution in [-0.2, 0) is 0 Å². The highest BCUT2D eigenvalue weighted by atomic mass is 16.3. The topological polar surface area (TPSA) is 40.5 Å². The van der Waals surface area contributed by atoms with Gasteiger partial charge in [-0.05, 0) is 124 Å². The third kappa shape index (κ3) is 3.17. The molecule has 0 unspecified atom stereocenters. The van der Waals surface area contributed by atoms with Gasteiger partial charge in [0.25, 0.3) is 0 Å². The molecule has 4 aliphatic rings. The van der Waals surface area contributed by atoms with Crippen LogP contribution in [-0.4, -0.2) is 22.4 Å². The summed E-state index contributed by atoms with van der Waals surface area (Å²) in [5.41, 5.74) is 0.167. The van der Waals surface area contributed by atoms with Crippen LogP contribution in [0.15, 0.2) is 0 Å². The molecule has 4 fully saturated rings. The van der Waals surface area contributed by atoms with Crippen molar-refractivity contribution in [2.75, 3.05) is 6.61 Å². The average molecular weight is 363 g/mol. The molecular formula is C24H42O2. The Morgan fingerprint density at radius 1 is 0.923 bits per heavy atom. The lowest BCUT2D eigenvalue weighted by atomic mass is 9.48. The summed E-state index contributed by atoms with van der Waals surface area (Å²) in [6.45, 7) is 7.52. The Kier molecular flexibility index (Phi) is 5.23. The van der Waals surface area contributed by atoms with Gasteiger partial charge in [-0.15, -0.1) is 0 Å². The zero-order chi connectivity index (χ0) is 18.5. The van der Waals surface area contributed by atoms with Gasteiger partial charge in [0.2, 0.25) is 0 Å². The van der Waals surface area contributed by atoms with Crippen LogP contribution >= 0.6 is 0 Å². The normalized spacial score (nSPS) is 52.0. The number of aliphatic hydroxyl groups is 2. The van der Waals surface area contributed by atoms with Crippen LogP contribution in [0.3, 0.4) is 0 Å². The second-order valence-electron chi connectivity index (χ2n) is 11.2. The maximum atomic E-state index is 10.5. The molecule has 0 heterocycles. The minimum Gasteiger partial charge on any atom is -0.396 e. The number of hydrogen-bond acceptors (Lipinski definition) is 2. The smallest absolute Gasteiger partial charge is 0.0622 e. The van der Waals surface area contributed by atoms with E-state index in [2.05, 4.69) is 20.8 Å². The Morgan fingerprint density at radius 3 is 2.46 bits per heavy atom. The SMILES string of the molecule is C[C@H](CCCO)[C@H]1CC[C@H]2[C@@H]3CC[C@H]4C[C@@](C)(O)CC[C@@H]4[C@H]3CC[C@]12C. The predicted molar refractivity (Wildman–Crippen MR) is 107 cm³/mol. The van der Waals surface area contributed by atoms with Crippen molar-refractivity contribution in [1.82, 2.24) is 0 Å². The number of fused-ring (bicyclic) bond motifs is 5. The van der Waals surface area contributed by atoms with Crippen molar-refractivity contribution in [2.24, 2.45) is 46.8 Å². The first-order valence-electron chi connectivity index (χ1n) is 11.7. The van der Waals surface area contributed by atoms with Crippen molar-refractivity contribution in [2.45, 2.75) is 97.0 Å². The first-order valence-corrected chi connectivity index (χ1v) is 11.7. The Labute approximate surface area is 161 Å². The van der Waals surface area contributed by atoms with Crippen LogP contribution in [0.25, 0.3) is 0 Å². The van der Waals surface area contributed by atoms with E-state index in [1.54, 1.807) is 0 Å². The first kappa shape index (κ1) is 19.2. The van der Waals surface area contributed by atoms with E-state index in [0.717, 1.165) is 60.7 Å². The van der Waals surface area contributed by atoms with Gasteiger partial charge in [-0.2, -0.15) is 0 Å². The minimum atomic E-state index is -0.391. The van der Waals surface area contributed by atoms with Gasteiger partial charge in [-0.3, -0.25) is 0 Å². The van der Waals surface area contributed by atoms with Crippen LogP contribution in [0.4, 0.5) is 0 Å². The van der Waals surface area contributed by atoms with Gasteiger partial charge in [-0.25, -0.2) is 0 Å². The zero-order valence-electron chi connectivity index (χ0n) is 17.4. The summed E-state index contributed by atoms with van der Waals surface area (Å²) in [6.07, 6.45) is 14.1. The van der Waals surface area contributed by atoms with E-state index >= 15 is 0 Å². The van der Waals surface area contributed by atoms with Crippen LogP contribution in [0.1, 0.15) is 91.4 Å². The molecule has 0 aromatic rings. The molecule has 4 aliphatic carbocycles. The fraction of sp³-hybridized carbons (Fsp3) is 1.00. The van der Waals surface area contributed by atoms with Crippen LogP contribution in [0.2, 0.25) is 0 Å². The summed E-state index contributed by atoms with van der Waals surface area (Å²) in [5, 5.41) is 19.8. The Morgan fingerprint density at radius 2 is 1.69 bits per heavy atom. The molecule has 0 bridgehead atoms. The van der Waals surface area contributed by atoms with E-state index in [-0.39, 0.29) is 0 Å². The van der Waals surface area contributed by atoms with Crippen molar-refractivity contribution in [3.63, 3.8) is 0 Å². The third-order valence-electron chi connectivity index (χ3n) is 9.81. The van der Waals surface area contributed by atoms with Crippen molar-refractivity contribution in [3.05, 3.63) is 0 Å². The third-order valence-corrected chi connectivity index (χ3v) is 9.81. The van der Waals surface area contributed by atoms with E-state index in [1.165, 1.54) is 51.4 Å². The second kappa shape index (κ2) is 7.07. The quantitative estimate of drug-likeness (QED) is 0.701. The van der Waals surface area contributed by atoms with E-state index < -0.39 is 5.60 Å². The van der Waals surface area contributed by atoms with E-state index in [0.29, 0.717) is 12.0 Å². The maximum absolute atomic E-state index is 10.5. The number of aliphatic hydroxyl groups excluding tert-OH is 1. The van der Waals surface area contributed by atoms with Gasteiger partial charge in [-0.1, -0.05) is 13.8 Å². The van der Waals surface area contributed by atoms with Gasteiger partial charge >= 0.3 is 0 Å². The molecule has 0 spiro atoms. The lowest BCUT2D eigenvalue weighted by Crippen LogP contribution is -2.50. The first-order chi connectivity index (χ1) is 12.4. The summed E-state index contributed by atoms with van der Waals surface area (Å²) >= 11 is 0. The molecule has 0 aromatic carbocycles. The van der Waals surface area contributed by atoms with Crippen molar-refractivity contribution in [1.29, 1.82) is 0 Å². The Balaban J connectivity index is 1.48. The highest BCUT2D eigenvalue weighted by Crippen LogP contribution is 2.65. The molecule has 9 atom stereocenters. The standard InChI is InChI=1S/C24H42O2/c1-16(5-4-14-25)21-8-9-22-20-7-6-17-15-23(2,26)12-10-18(17)19(20)11-13-24(21,22)3/h16-22,25-26H,4-15H2,1-3H3/t16-,17+,18+,19-,20-,21-,22+,23+,24-/m1/s1. The van der Waals surface area contributed by atoms with Gasteiger partial charge in [0.1, 0.15) is 0 Å². The zero-order valence-corrected chi connectivity index (χ0v) is 17.4. The molecule has 150 valence electrons. The molecule has 2 nitrogen and oxygen atoms in total. The lowest BCUT2D eigenvalue weighted by molar-refractivity contribution is -0.103. The minimum absolute atomic E-state index is 0.356. The van der Waals surface area contributed by atoms with E-state index in [1.807, 2.05) is 0 Å². The van der Waals surface area contributed by atoms with Crippen LogP contribution in [0, 0.1) is 46.8 Å². The summed E-state index contributed by atoms with van der Waals surface area (Å²) < 4.78 is 0. The fourth-order valence-corrected chi connectivity index (χ4v) is 8.67.